The third kappa shape index (κ3) is 3.65. The third-order valence-corrected chi connectivity index (χ3v) is 6.47. The van der Waals surface area contributed by atoms with Gasteiger partial charge in [-0.2, -0.15) is 0 Å². The fraction of sp³-hybridized carbons (Fsp3) is 0.636. The molecule has 2 fully saturated rings. The number of carbonyl (C=O) groups excluding carboxylic acids is 2. The van der Waals surface area contributed by atoms with E-state index in [2.05, 4.69) is 38.2 Å². The summed E-state index contributed by atoms with van der Waals surface area (Å²) >= 11 is 0. The summed E-state index contributed by atoms with van der Waals surface area (Å²) in [5.41, 5.74) is 0.838. The Hall–Kier alpha value is -1.84. The van der Waals surface area contributed by atoms with Gasteiger partial charge < -0.3 is 10.2 Å². The SMILES string of the molecule is CC(C)C(C)NC(=O)C1CCN(C(=O)C2(c3ccccc3)CCC2)CC1. The van der Waals surface area contributed by atoms with E-state index in [1.165, 1.54) is 0 Å². The van der Waals surface area contributed by atoms with Crippen LogP contribution in [0.2, 0.25) is 0 Å². The maximum Gasteiger partial charge on any atom is 0.233 e. The maximum atomic E-state index is 13.3. The fourth-order valence-electron chi connectivity index (χ4n) is 4.07. The minimum Gasteiger partial charge on any atom is -0.353 e. The monoisotopic (exact) mass is 356 g/mol. The van der Waals surface area contributed by atoms with Crippen molar-refractivity contribution in [2.24, 2.45) is 11.8 Å². The normalized spacial score (nSPS) is 21.2. The van der Waals surface area contributed by atoms with Gasteiger partial charge in [0.2, 0.25) is 11.8 Å². The highest BCUT2D eigenvalue weighted by atomic mass is 16.2. The second-order valence-corrected chi connectivity index (χ2v) is 8.41. The van der Waals surface area contributed by atoms with E-state index in [0.29, 0.717) is 19.0 Å². The molecule has 0 aromatic heterocycles. The van der Waals surface area contributed by atoms with Gasteiger partial charge in [0.1, 0.15) is 0 Å². The number of benzene rings is 1. The molecule has 0 radical (unpaired) electrons. The molecule has 1 aromatic rings. The van der Waals surface area contributed by atoms with E-state index in [4.69, 9.17) is 0 Å². The van der Waals surface area contributed by atoms with E-state index >= 15 is 0 Å². The minimum absolute atomic E-state index is 0.0364. The number of carbonyl (C=O) groups is 2. The first-order chi connectivity index (χ1) is 12.4. The molecule has 1 aromatic carbocycles. The Morgan fingerprint density at radius 1 is 1.08 bits per heavy atom. The zero-order valence-electron chi connectivity index (χ0n) is 16.3. The molecule has 4 nitrogen and oxygen atoms in total. The second kappa shape index (κ2) is 7.81. The van der Waals surface area contributed by atoms with Gasteiger partial charge in [0.25, 0.3) is 0 Å². The van der Waals surface area contributed by atoms with Crippen molar-refractivity contribution in [2.45, 2.75) is 64.3 Å². The largest absolute Gasteiger partial charge is 0.353 e. The summed E-state index contributed by atoms with van der Waals surface area (Å²) in [6, 6.07) is 10.4. The lowest BCUT2D eigenvalue weighted by molar-refractivity contribution is -0.144. The molecule has 0 bridgehead atoms. The van der Waals surface area contributed by atoms with E-state index in [-0.39, 0.29) is 29.2 Å². The standard InChI is InChI=1S/C22H32N2O2/c1-16(2)17(3)23-20(25)18-10-14-24(15-11-18)21(26)22(12-7-13-22)19-8-5-4-6-9-19/h4-6,8-9,16-18H,7,10-15H2,1-3H3,(H,23,25). The first-order valence-corrected chi connectivity index (χ1v) is 10.1. The van der Waals surface area contributed by atoms with E-state index in [1.807, 2.05) is 23.1 Å². The van der Waals surface area contributed by atoms with Crippen molar-refractivity contribution in [1.29, 1.82) is 0 Å². The summed E-state index contributed by atoms with van der Waals surface area (Å²) in [7, 11) is 0. The van der Waals surface area contributed by atoms with Gasteiger partial charge in [-0.15, -0.1) is 0 Å². The van der Waals surface area contributed by atoms with E-state index in [1.54, 1.807) is 0 Å². The molecule has 2 aliphatic rings. The van der Waals surface area contributed by atoms with Gasteiger partial charge in [0.15, 0.2) is 0 Å². The van der Waals surface area contributed by atoms with Crippen LogP contribution in [0.5, 0.6) is 0 Å². The summed E-state index contributed by atoms with van der Waals surface area (Å²) in [5, 5.41) is 3.13. The molecule has 1 saturated carbocycles. The van der Waals surface area contributed by atoms with E-state index in [0.717, 1.165) is 37.7 Å². The summed E-state index contributed by atoms with van der Waals surface area (Å²) < 4.78 is 0. The Bertz CT molecular complexity index is 629. The number of piperidine rings is 1. The Morgan fingerprint density at radius 2 is 1.69 bits per heavy atom. The minimum atomic E-state index is -0.317. The van der Waals surface area contributed by atoms with Crippen molar-refractivity contribution in [2.75, 3.05) is 13.1 Å². The lowest BCUT2D eigenvalue weighted by Crippen LogP contribution is -2.54. The molecule has 1 heterocycles. The van der Waals surface area contributed by atoms with Crippen molar-refractivity contribution in [1.82, 2.24) is 10.2 Å². The fourth-order valence-corrected chi connectivity index (χ4v) is 4.07. The van der Waals surface area contributed by atoms with Crippen LogP contribution in [0.1, 0.15) is 58.4 Å². The lowest BCUT2D eigenvalue weighted by Gasteiger charge is -2.45. The zero-order chi connectivity index (χ0) is 18.7. The first-order valence-electron chi connectivity index (χ1n) is 10.1. The number of hydrogen-bond donors (Lipinski definition) is 1. The van der Waals surface area contributed by atoms with Crippen LogP contribution in [0, 0.1) is 11.8 Å². The smallest absolute Gasteiger partial charge is 0.233 e. The molecule has 0 spiro atoms. The van der Waals surface area contributed by atoms with Gasteiger partial charge in [0, 0.05) is 25.0 Å². The zero-order valence-corrected chi connectivity index (χ0v) is 16.3. The summed E-state index contributed by atoms with van der Waals surface area (Å²) in [6.45, 7) is 7.69. The Labute approximate surface area is 157 Å². The maximum absolute atomic E-state index is 13.3. The number of amides is 2. The van der Waals surface area contributed by atoms with Gasteiger partial charge in [0.05, 0.1) is 5.41 Å². The molecule has 1 aliphatic carbocycles. The van der Waals surface area contributed by atoms with Crippen molar-refractivity contribution < 1.29 is 9.59 Å². The van der Waals surface area contributed by atoms with Crippen LogP contribution < -0.4 is 5.32 Å². The van der Waals surface area contributed by atoms with Gasteiger partial charge in [-0.1, -0.05) is 50.6 Å². The van der Waals surface area contributed by atoms with E-state index in [9.17, 15) is 9.59 Å². The van der Waals surface area contributed by atoms with Crippen LogP contribution in [0.15, 0.2) is 30.3 Å². The topological polar surface area (TPSA) is 49.4 Å². The van der Waals surface area contributed by atoms with Crippen molar-refractivity contribution in [3.8, 4) is 0 Å². The predicted octanol–water partition coefficient (Wildman–Crippen LogP) is 3.51. The van der Waals surface area contributed by atoms with Gasteiger partial charge in [-0.05, 0) is 44.1 Å². The molecule has 142 valence electrons. The molecule has 1 aliphatic heterocycles. The third-order valence-electron chi connectivity index (χ3n) is 6.47. The lowest BCUT2D eigenvalue weighted by atomic mass is 9.63. The predicted molar refractivity (Wildman–Crippen MR) is 104 cm³/mol. The molecule has 2 amide bonds. The van der Waals surface area contributed by atoms with Gasteiger partial charge in [-0.25, -0.2) is 0 Å². The molecule has 1 N–H and O–H groups in total. The highest BCUT2D eigenvalue weighted by Crippen LogP contribution is 2.45. The van der Waals surface area contributed by atoms with Crippen LogP contribution in [0.4, 0.5) is 0 Å². The van der Waals surface area contributed by atoms with Gasteiger partial charge in [-0.3, -0.25) is 9.59 Å². The average molecular weight is 357 g/mol. The molecular weight excluding hydrogens is 324 g/mol. The van der Waals surface area contributed by atoms with E-state index < -0.39 is 0 Å². The summed E-state index contributed by atoms with van der Waals surface area (Å²) in [4.78, 5) is 27.7. The molecular formula is C22H32N2O2. The number of rotatable bonds is 5. The van der Waals surface area contributed by atoms with Crippen LogP contribution in [-0.2, 0) is 15.0 Å². The van der Waals surface area contributed by atoms with Crippen molar-refractivity contribution >= 4 is 11.8 Å². The molecule has 1 atom stereocenters. The molecule has 26 heavy (non-hydrogen) atoms. The molecule has 1 unspecified atom stereocenters. The quantitative estimate of drug-likeness (QED) is 0.878. The number of hydrogen-bond acceptors (Lipinski definition) is 2. The molecule has 1 saturated heterocycles. The Morgan fingerprint density at radius 3 is 2.19 bits per heavy atom. The van der Waals surface area contributed by atoms with Gasteiger partial charge >= 0.3 is 0 Å². The first kappa shape index (κ1) is 18.9. The average Bonchev–Trinajstić information content (AvgIpc) is 2.61. The highest BCUT2D eigenvalue weighted by Gasteiger charge is 2.48. The van der Waals surface area contributed by atoms with Crippen molar-refractivity contribution in [3.63, 3.8) is 0 Å². The number of nitrogens with zero attached hydrogens (tertiary/aromatic N) is 1. The second-order valence-electron chi connectivity index (χ2n) is 8.41. The number of nitrogens with one attached hydrogen (secondary N) is 1. The molecule has 3 rings (SSSR count). The molecule has 4 heteroatoms. The summed E-state index contributed by atoms with van der Waals surface area (Å²) in [6.07, 6.45) is 4.55. The highest BCUT2D eigenvalue weighted by molar-refractivity contribution is 5.89. The van der Waals surface area contributed by atoms with Crippen LogP contribution in [0.3, 0.4) is 0 Å². The Kier molecular flexibility index (Phi) is 5.69. The Balaban J connectivity index is 1.59. The van der Waals surface area contributed by atoms with Crippen LogP contribution in [-0.4, -0.2) is 35.8 Å². The van der Waals surface area contributed by atoms with Crippen LogP contribution in [0.25, 0.3) is 0 Å². The van der Waals surface area contributed by atoms with Crippen LogP contribution >= 0.6 is 0 Å². The number of likely N-dealkylation sites (tertiary alicyclic amines) is 1. The summed E-state index contributed by atoms with van der Waals surface area (Å²) in [5.74, 6) is 0.892. The van der Waals surface area contributed by atoms with Crippen molar-refractivity contribution in [3.05, 3.63) is 35.9 Å².